The molecule has 4 nitrogen and oxygen atoms in total. The molecule has 0 bridgehead atoms. The highest BCUT2D eigenvalue weighted by molar-refractivity contribution is 5.93. The maximum absolute atomic E-state index is 14.1. The van der Waals surface area contributed by atoms with Gasteiger partial charge < -0.3 is 14.6 Å². The molecule has 0 atom stereocenters. The number of benzene rings is 2. The third-order valence-corrected chi connectivity index (χ3v) is 5.00. The molecule has 0 radical (unpaired) electrons. The molecular formula is C22H23FN2O2. The second-order valence-corrected chi connectivity index (χ2v) is 6.95. The van der Waals surface area contributed by atoms with E-state index in [1.807, 2.05) is 42.3 Å². The van der Waals surface area contributed by atoms with Crippen LogP contribution in [0, 0.1) is 5.82 Å². The summed E-state index contributed by atoms with van der Waals surface area (Å²) >= 11 is 0. The van der Waals surface area contributed by atoms with Crippen molar-refractivity contribution in [2.75, 3.05) is 6.61 Å². The fraction of sp³-hybridized carbons (Fsp3) is 0.318. The first-order chi connectivity index (χ1) is 13.2. The molecule has 0 aliphatic heterocycles. The van der Waals surface area contributed by atoms with Crippen LogP contribution in [0.1, 0.15) is 30.9 Å². The lowest BCUT2D eigenvalue weighted by Crippen LogP contribution is -2.34. The van der Waals surface area contributed by atoms with Gasteiger partial charge in [-0.2, -0.15) is 0 Å². The summed E-state index contributed by atoms with van der Waals surface area (Å²) < 4.78 is 19.8. The van der Waals surface area contributed by atoms with E-state index in [0.717, 1.165) is 35.1 Å². The van der Waals surface area contributed by atoms with E-state index in [-0.39, 0.29) is 24.2 Å². The molecule has 1 amide bonds. The van der Waals surface area contributed by atoms with Gasteiger partial charge in [0, 0.05) is 35.2 Å². The zero-order valence-electron chi connectivity index (χ0n) is 15.4. The average Bonchev–Trinajstić information content (AvgIpc) is 3.42. The first-order valence-corrected chi connectivity index (χ1v) is 9.42. The highest BCUT2D eigenvalue weighted by Crippen LogP contribution is 2.32. The van der Waals surface area contributed by atoms with Gasteiger partial charge in [-0.15, -0.1) is 0 Å². The summed E-state index contributed by atoms with van der Waals surface area (Å²) in [6.45, 7) is 2.83. The summed E-state index contributed by atoms with van der Waals surface area (Å²) in [5, 5.41) is 0.953. The Balaban J connectivity index is 1.59. The van der Waals surface area contributed by atoms with Crippen LogP contribution < -0.4 is 4.74 Å². The van der Waals surface area contributed by atoms with Crippen LogP contribution in [0.2, 0.25) is 0 Å². The Morgan fingerprint density at radius 1 is 1.19 bits per heavy atom. The molecule has 1 aromatic heterocycles. The molecule has 27 heavy (non-hydrogen) atoms. The molecule has 140 valence electrons. The zero-order chi connectivity index (χ0) is 18.8. The average molecular weight is 366 g/mol. The first-order valence-electron chi connectivity index (χ1n) is 9.42. The smallest absolute Gasteiger partial charge is 0.227 e. The Morgan fingerprint density at radius 2 is 2.00 bits per heavy atom. The molecule has 1 fully saturated rings. The van der Waals surface area contributed by atoms with E-state index < -0.39 is 0 Å². The number of ether oxygens (including phenoxy) is 1. The molecule has 1 N–H and O–H groups in total. The lowest BCUT2D eigenvalue weighted by molar-refractivity contribution is -0.131. The van der Waals surface area contributed by atoms with Crippen molar-refractivity contribution in [2.45, 2.75) is 38.8 Å². The first kappa shape index (κ1) is 17.6. The van der Waals surface area contributed by atoms with Crippen LogP contribution in [0.3, 0.4) is 0 Å². The minimum absolute atomic E-state index is 0.0213. The number of aromatic amines is 1. The van der Waals surface area contributed by atoms with Crippen molar-refractivity contribution in [1.29, 1.82) is 0 Å². The van der Waals surface area contributed by atoms with Crippen molar-refractivity contribution < 1.29 is 13.9 Å². The lowest BCUT2D eigenvalue weighted by atomic mass is 10.1. The maximum atomic E-state index is 14.1. The second-order valence-electron chi connectivity index (χ2n) is 6.95. The number of carbonyl (C=O) groups excluding carboxylic acids is 1. The Hall–Kier alpha value is -2.82. The van der Waals surface area contributed by atoms with Gasteiger partial charge in [-0.25, -0.2) is 4.39 Å². The van der Waals surface area contributed by atoms with Gasteiger partial charge in [-0.1, -0.05) is 24.3 Å². The van der Waals surface area contributed by atoms with Gasteiger partial charge in [0.25, 0.3) is 0 Å². The molecule has 1 aliphatic carbocycles. The molecule has 2 aromatic carbocycles. The van der Waals surface area contributed by atoms with Crippen LogP contribution in [0.25, 0.3) is 10.9 Å². The Morgan fingerprint density at radius 3 is 2.74 bits per heavy atom. The zero-order valence-corrected chi connectivity index (χ0v) is 15.4. The van der Waals surface area contributed by atoms with Gasteiger partial charge in [-0.05, 0) is 43.5 Å². The third kappa shape index (κ3) is 3.68. The quantitative estimate of drug-likeness (QED) is 0.672. The summed E-state index contributed by atoms with van der Waals surface area (Å²) in [5.74, 6) is 0.542. The van der Waals surface area contributed by atoms with Crippen molar-refractivity contribution >= 4 is 16.8 Å². The Kier molecular flexibility index (Phi) is 4.84. The normalized spacial score (nSPS) is 13.7. The van der Waals surface area contributed by atoms with E-state index in [2.05, 4.69) is 4.98 Å². The van der Waals surface area contributed by atoms with Crippen LogP contribution >= 0.6 is 0 Å². The fourth-order valence-electron chi connectivity index (χ4n) is 3.52. The maximum Gasteiger partial charge on any atom is 0.227 e. The van der Waals surface area contributed by atoms with Crippen molar-refractivity contribution in [3.05, 3.63) is 65.6 Å². The highest BCUT2D eigenvalue weighted by Gasteiger charge is 2.33. The fourth-order valence-corrected chi connectivity index (χ4v) is 3.52. The predicted molar refractivity (Wildman–Crippen MR) is 103 cm³/mol. The molecule has 0 unspecified atom stereocenters. The van der Waals surface area contributed by atoms with E-state index in [1.54, 1.807) is 12.1 Å². The number of rotatable bonds is 7. The molecular weight excluding hydrogens is 343 g/mol. The van der Waals surface area contributed by atoms with E-state index >= 15 is 0 Å². The van der Waals surface area contributed by atoms with Gasteiger partial charge in [0.2, 0.25) is 5.91 Å². The van der Waals surface area contributed by atoms with Crippen LogP contribution in [-0.2, 0) is 17.8 Å². The van der Waals surface area contributed by atoms with E-state index in [9.17, 15) is 9.18 Å². The van der Waals surface area contributed by atoms with Crippen LogP contribution in [0.15, 0.2) is 48.7 Å². The second kappa shape index (κ2) is 7.43. The van der Waals surface area contributed by atoms with E-state index in [1.165, 1.54) is 6.07 Å². The van der Waals surface area contributed by atoms with E-state index in [4.69, 9.17) is 4.74 Å². The lowest BCUT2D eigenvalue weighted by Gasteiger charge is -2.23. The number of hydrogen-bond donors (Lipinski definition) is 1. The van der Waals surface area contributed by atoms with Gasteiger partial charge >= 0.3 is 0 Å². The van der Waals surface area contributed by atoms with Gasteiger partial charge in [-0.3, -0.25) is 4.79 Å². The van der Waals surface area contributed by atoms with Crippen molar-refractivity contribution in [3.63, 3.8) is 0 Å². The minimum Gasteiger partial charge on any atom is -0.493 e. The summed E-state index contributed by atoms with van der Waals surface area (Å²) in [5.41, 5.74) is 2.43. The number of H-pyrrole nitrogens is 1. The number of fused-ring (bicyclic) bond motifs is 1. The minimum atomic E-state index is -0.262. The number of nitrogens with zero attached hydrogens (tertiary/aromatic N) is 1. The van der Waals surface area contributed by atoms with Gasteiger partial charge in [0.05, 0.1) is 13.0 Å². The summed E-state index contributed by atoms with van der Waals surface area (Å²) in [4.78, 5) is 18.1. The third-order valence-electron chi connectivity index (χ3n) is 5.00. The molecule has 4 rings (SSSR count). The summed E-state index contributed by atoms with van der Waals surface area (Å²) in [6, 6.07) is 12.7. The monoisotopic (exact) mass is 366 g/mol. The SMILES string of the molecule is CCOc1cccc2[nH]cc(CC(=O)N(Cc3ccccc3F)C3CC3)c12. The van der Waals surface area contributed by atoms with Crippen molar-refractivity contribution in [1.82, 2.24) is 9.88 Å². The molecule has 1 saturated carbocycles. The molecule has 0 spiro atoms. The standard InChI is InChI=1S/C22H23FN2O2/c1-2-27-20-9-5-8-19-22(20)16(13-24-19)12-21(26)25(17-10-11-17)14-15-6-3-4-7-18(15)23/h3-9,13,17,24H,2,10-12,14H2,1H3. The van der Waals surface area contributed by atoms with Gasteiger partial charge in [0.1, 0.15) is 11.6 Å². The molecule has 1 heterocycles. The van der Waals surface area contributed by atoms with E-state index in [0.29, 0.717) is 18.7 Å². The molecule has 5 heteroatoms. The summed E-state index contributed by atoms with van der Waals surface area (Å²) in [6.07, 6.45) is 4.12. The number of aromatic nitrogens is 1. The Labute approximate surface area is 157 Å². The molecule has 1 aliphatic rings. The molecule has 0 saturated heterocycles. The predicted octanol–water partition coefficient (Wildman–Crippen LogP) is 4.44. The Bertz CT molecular complexity index is 962. The van der Waals surface area contributed by atoms with Crippen LogP contribution in [0.5, 0.6) is 5.75 Å². The van der Waals surface area contributed by atoms with Crippen LogP contribution in [0.4, 0.5) is 4.39 Å². The number of amides is 1. The largest absolute Gasteiger partial charge is 0.493 e. The van der Waals surface area contributed by atoms with Crippen LogP contribution in [-0.4, -0.2) is 28.4 Å². The van der Waals surface area contributed by atoms with Crippen molar-refractivity contribution in [3.8, 4) is 5.75 Å². The number of carbonyl (C=O) groups is 1. The topological polar surface area (TPSA) is 45.3 Å². The van der Waals surface area contributed by atoms with Gasteiger partial charge in [0.15, 0.2) is 0 Å². The molecule has 3 aromatic rings. The highest BCUT2D eigenvalue weighted by atomic mass is 19.1. The number of hydrogen-bond acceptors (Lipinski definition) is 2. The number of halogens is 1. The summed E-state index contributed by atoms with van der Waals surface area (Å²) in [7, 11) is 0. The van der Waals surface area contributed by atoms with Crippen molar-refractivity contribution in [2.24, 2.45) is 0 Å². The number of nitrogens with one attached hydrogen (secondary N) is 1.